The number of benzene rings is 1. The van der Waals surface area contributed by atoms with Gasteiger partial charge in [0, 0.05) is 0 Å². The van der Waals surface area contributed by atoms with Crippen molar-refractivity contribution >= 4 is 8.32 Å². The molecule has 0 aromatic heterocycles. The summed E-state index contributed by atoms with van der Waals surface area (Å²) in [5.74, 6) is 0. The third-order valence-corrected chi connectivity index (χ3v) is 8.87. The van der Waals surface area contributed by atoms with Crippen LogP contribution < -0.4 is 0 Å². The van der Waals surface area contributed by atoms with E-state index in [2.05, 4.69) is 83.3 Å². The zero-order chi connectivity index (χ0) is 15.9. The summed E-state index contributed by atoms with van der Waals surface area (Å²) in [4.78, 5) is 0. The fourth-order valence-corrected chi connectivity index (χ4v) is 3.25. The minimum atomic E-state index is -1.75. The van der Waals surface area contributed by atoms with Crippen molar-refractivity contribution in [1.82, 2.24) is 0 Å². The van der Waals surface area contributed by atoms with E-state index in [0.717, 1.165) is 12.8 Å². The Morgan fingerprint density at radius 3 is 2.24 bits per heavy atom. The first-order valence-corrected chi connectivity index (χ1v) is 11.1. The quantitative estimate of drug-likeness (QED) is 0.413. The molecule has 0 fully saturated rings. The first kappa shape index (κ1) is 18.2. The van der Waals surface area contributed by atoms with E-state index in [-0.39, 0.29) is 11.1 Å². The highest BCUT2D eigenvalue weighted by molar-refractivity contribution is 6.74. The number of hydrogen-bond donors (Lipinski definition) is 0. The molecular weight excluding hydrogens is 272 g/mol. The van der Waals surface area contributed by atoms with Crippen LogP contribution in [0, 0.1) is 0 Å². The number of rotatable bonds is 7. The number of hydrogen-bond acceptors (Lipinski definition) is 1. The zero-order valence-electron chi connectivity index (χ0n) is 14.6. The molecule has 21 heavy (non-hydrogen) atoms. The molecule has 0 saturated carbocycles. The summed E-state index contributed by atoms with van der Waals surface area (Å²) in [6, 6.07) is 10.6. The molecule has 2 heteroatoms. The normalized spacial score (nSPS) is 14.6. The van der Waals surface area contributed by atoms with Crippen LogP contribution in [-0.4, -0.2) is 8.32 Å². The monoisotopic (exact) mass is 304 g/mol. The van der Waals surface area contributed by atoms with Gasteiger partial charge in [-0.15, -0.1) is 0 Å². The molecule has 0 radical (unpaired) electrons. The summed E-state index contributed by atoms with van der Waals surface area (Å²) in [6.45, 7) is 13.8. The van der Waals surface area contributed by atoms with E-state index in [1.165, 1.54) is 12.0 Å². The molecule has 0 aliphatic heterocycles. The van der Waals surface area contributed by atoms with Crippen molar-refractivity contribution in [1.29, 1.82) is 0 Å². The third-order valence-electron chi connectivity index (χ3n) is 4.39. The van der Waals surface area contributed by atoms with E-state index in [9.17, 15) is 0 Å². The Labute approximate surface area is 132 Å². The van der Waals surface area contributed by atoms with E-state index >= 15 is 0 Å². The Morgan fingerprint density at radius 2 is 1.71 bits per heavy atom. The maximum absolute atomic E-state index is 6.66. The fraction of sp³-hybridized carbons (Fsp3) is 0.579. The SMILES string of the molecule is CCC/C=C/CC(O[Si](C)(C)C(C)(C)C)c1ccccc1. The predicted molar refractivity (Wildman–Crippen MR) is 96.1 cm³/mol. The fourth-order valence-electron chi connectivity index (χ4n) is 1.96. The minimum Gasteiger partial charge on any atom is -0.410 e. The van der Waals surface area contributed by atoms with Gasteiger partial charge >= 0.3 is 0 Å². The standard InChI is InChI=1S/C19H32OSi/c1-7-8-9-13-16-18(17-14-11-10-12-15-17)20-21(5,6)19(2,3)4/h9-15,18H,7-8,16H2,1-6H3/b13-9+. The van der Waals surface area contributed by atoms with Gasteiger partial charge in [-0.3, -0.25) is 0 Å². The minimum absolute atomic E-state index is 0.181. The summed E-state index contributed by atoms with van der Waals surface area (Å²) >= 11 is 0. The van der Waals surface area contributed by atoms with Gasteiger partial charge in [-0.25, -0.2) is 0 Å². The lowest BCUT2D eigenvalue weighted by Crippen LogP contribution is -2.41. The highest BCUT2D eigenvalue weighted by Crippen LogP contribution is 2.40. The Kier molecular flexibility index (Phi) is 6.89. The largest absolute Gasteiger partial charge is 0.410 e. The van der Waals surface area contributed by atoms with Crippen LogP contribution >= 0.6 is 0 Å². The van der Waals surface area contributed by atoms with Crippen LogP contribution in [0.4, 0.5) is 0 Å². The number of unbranched alkanes of at least 4 members (excludes halogenated alkanes) is 1. The molecule has 1 rings (SSSR count). The lowest BCUT2D eigenvalue weighted by Gasteiger charge is -2.39. The maximum atomic E-state index is 6.66. The molecule has 1 aromatic rings. The number of allylic oxidation sites excluding steroid dienone is 1. The van der Waals surface area contributed by atoms with E-state index in [0.29, 0.717) is 0 Å². The highest BCUT2D eigenvalue weighted by Gasteiger charge is 2.39. The molecule has 0 amide bonds. The molecule has 1 aromatic carbocycles. The van der Waals surface area contributed by atoms with Crippen LogP contribution in [0.3, 0.4) is 0 Å². The third kappa shape index (κ3) is 5.80. The average molecular weight is 305 g/mol. The lowest BCUT2D eigenvalue weighted by atomic mass is 10.1. The molecule has 118 valence electrons. The second-order valence-corrected chi connectivity index (χ2v) is 12.0. The van der Waals surface area contributed by atoms with Gasteiger partial charge in [0.25, 0.3) is 0 Å². The van der Waals surface area contributed by atoms with Crippen LogP contribution in [0.25, 0.3) is 0 Å². The predicted octanol–water partition coefficient (Wildman–Crippen LogP) is 6.50. The van der Waals surface area contributed by atoms with Gasteiger partial charge < -0.3 is 4.43 Å². The van der Waals surface area contributed by atoms with Gasteiger partial charge in [0.15, 0.2) is 8.32 Å². The summed E-state index contributed by atoms with van der Waals surface area (Å²) in [5.41, 5.74) is 1.29. The molecule has 0 heterocycles. The van der Waals surface area contributed by atoms with E-state index in [1.54, 1.807) is 0 Å². The summed E-state index contributed by atoms with van der Waals surface area (Å²) < 4.78 is 6.66. The summed E-state index contributed by atoms with van der Waals surface area (Å²) in [7, 11) is -1.75. The van der Waals surface area contributed by atoms with Crippen LogP contribution in [0.15, 0.2) is 42.5 Å². The summed E-state index contributed by atoms with van der Waals surface area (Å²) in [6.07, 6.45) is 8.08. The van der Waals surface area contributed by atoms with Crippen LogP contribution in [0.5, 0.6) is 0 Å². The van der Waals surface area contributed by atoms with Gasteiger partial charge in [0.2, 0.25) is 0 Å². The molecule has 0 saturated heterocycles. The molecule has 1 nitrogen and oxygen atoms in total. The first-order valence-electron chi connectivity index (χ1n) is 8.15. The molecular formula is C19H32OSi. The first-order chi connectivity index (χ1) is 9.78. The van der Waals surface area contributed by atoms with Gasteiger partial charge in [-0.2, -0.15) is 0 Å². The van der Waals surface area contributed by atoms with Crippen LogP contribution in [0.1, 0.15) is 58.6 Å². The lowest BCUT2D eigenvalue weighted by molar-refractivity contribution is 0.186. The van der Waals surface area contributed by atoms with Gasteiger partial charge in [0.1, 0.15) is 0 Å². The molecule has 1 atom stereocenters. The topological polar surface area (TPSA) is 9.23 Å². The molecule has 0 aliphatic carbocycles. The Bertz CT molecular complexity index is 429. The second-order valence-electron chi connectivity index (χ2n) is 7.27. The average Bonchev–Trinajstić information content (AvgIpc) is 2.42. The Balaban J connectivity index is 2.87. The zero-order valence-corrected chi connectivity index (χ0v) is 15.6. The molecule has 0 aliphatic rings. The van der Waals surface area contributed by atoms with E-state index in [4.69, 9.17) is 4.43 Å². The molecule has 0 N–H and O–H groups in total. The van der Waals surface area contributed by atoms with Crippen LogP contribution in [-0.2, 0) is 4.43 Å². The van der Waals surface area contributed by atoms with Gasteiger partial charge in [-0.1, -0.05) is 76.6 Å². The molecule has 0 bridgehead atoms. The van der Waals surface area contributed by atoms with Crippen molar-refractivity contribution in [3.05, 3.63) is 48.0 Å². The van der Waals surface area contributed by atoms with Crippen molar-refractivity contribution in [2.75, 3.05) is 0 Å². The van der Waals surface area contributed by atoms with Crippen molar-refractivity contribution < 1.29 is 4.43 Å². The highest BCUT2D eigenvalue weighted by atomic mass is 28.4. The van der Waals surface area contributed by atoms with Gasteiger partial charge in [0.05, 0.1) is 6.10 Å². The molecule has 1 unspecified atom stereocenters. The van der Waals surface area contributed by atoms with Crippen LogP contribution in [0.2, 0.25) is 18.1 Å². The van der Waals surface area contributed by atoms with Crippen molar-refractivity contribution in [3.63, 3.8) is 0 Å². The van der Waals surface area contributed by atoms with Crippen molar-refractivity contribution in [2.24, 2.45) is 0 Å². The van der Waals surface area contributed by atoms with Crippen molar-refractivity contribution in [2.45, 2.75) is 71.2 Å². The Morgan fingerprint density at radius 1 is 1.10 bits per heavy atom. The van der Waals surface area contributed by atoms with E-state index < -0.39 is 8.32 Å². The second kappa shape index (κ2) is 7.95. The van der Waals surface area contributed by atoms with Gasteiger partial charge in [-0.05, 0) is 36.5 Å². The van der Waals surface area contributed by atoms with Crippen molar-refractivity contribution in [3.8, 4) is 0 Å². The Hall–Kier alpha value is -0.863. The maximum Gasteiger partial charge on any atom is 0.192 e. The smallest absolute Gasteiger partial charge is 0.192 e. The summed E-state index contributed by atoms with van der Waals surface area (Å²) in [5, 5.41) is 0.243. The van der Waals surface area contributed by atoms with E-state index in [1.807, 2.05) is 0 Å². The molecule has 0 spiro atoms.